The summed E-state index contributed by atoms with van der Waals surface area (Å²) in [6.07, 6.45) is 5.02. The third-order valence-electron chi connectivity index (χ3n) is 3.47. The molecule has 2 rings (SSSR count). The minimum atomic E-state index is -0.172. The molecule has 1 unspecified atom stereocenters. The zero-order valence-corrected chi connectivity index (χ0v) is 11.3. The molecule has 0 aliphatic carbocycles. The van der Waals surface area contributed by atoms with E-state index in [1.807, 2.05) is 6.92 Å². The monoisotopic (exact) mass is 264 g/mol. The number of nitrogens with zero attached hydrogens (tertiary/aromatic N) is 2. The Morgan fingerprint density at radius 3 is 2.68 bits per heavy atom. The van der Waals surface area contributed by atoms with Gasteiger partial charge in [0, 0.05) is 26.3 Å². The molecule has 1 aliphatic rings. The highest BCUT2D eigenvalue weighted by Gasteiger charge is 2.22. The van der Waals surface area contributed by atoms with Crippen LogP contribution in [0.1, 0.15) is 30.3 Å². The van der Waals surface area contributed by atoms with Crippen molar-refractivity contribution >= 4 is 11.7 Å². The number of aromatic nitrogens is 2. The van der Waals surface area contributed by atoms with Gasteiger partial charge in [0.15, 0.2) is 0 Å². The third kappa shape index (κ3) is 3.64. The van der Waals surface area contributed by atoms with Crippen LogP contribution in [0.3, 0.4) is 0 Å². The number of carbonyl (C=O) groups excluding carboxylic acids is 1. The van der Waals surface area contributed by atoms with Crippen LogP contribution in [0.4, 0.5) is 5.82 Å². The Hall–Kier alpha value is -1.69. The Balaban J connectivity index is 1.91. The molecular weight excluding hydrogens is 244 g/mol. The first-order valence-electron chi connectivity index (χ1n) is 6.59. The second-order valence-corrected chi connectivity index (χ2v) is 4.75. The number of nitrogens with one attached hydrogen (secondary N) is 2. The SMILES string of the molecule is CNc1cnc(C(=O)NC(C)C2CCOCC2)cn1. The summed E-state index contributed by atoms with van der Waals surface area (Å²) in [7, 11) is 1.76. The van der Waals surface area contributed by atoms with Gasteiger partial charge in [0.2, 0.25) is 0 Å². The second kappa shape index (κ2) is 6.47. The molecule has 1 amide bonds. The van der Waals surface area contributed by atoms with E-state index in [1.54, 1.807) is 13.2 Å². The van der Waals surface area contributed by atoms with Gasteiger partial charge in [-0.25, -0.2) is 9.97 Å². The van der Waals surface area contributed by atoms with E-state index in [4.69, 9.17) is 4.74 Å². The Bertz CT molecular complexity index is 415. The molecule has 0 spiro atoms. The molecule has 1 saturated heterocycles. The van der Waals surface area contributed by atoms with Crippen LogP contribution >= 0.6 is 0 Å². The van der Waals surface area contributed by atoms with Gasteiger partial charge in [-0.1, -0.05) is 0 Å². The van der Waals surface area contributed by atoms with Crippen molar-refractivity contribution in [1.29, 1.82) is 0 Å². The van der Waals surface area contributed by atoms with E-state index in [1.165, 1.54) is 6.20 Å². The summed E-state index contributed by atoms with van der Waals surface area (Å²) in [5, 5.41) is 5.85. The molecule has 19 heavy (non-hydrogen) atoms. The van der Waals surface area contributed by atoms with Crippen molar-refractivity contribution in [2.75, 3.05) is 25.6 Å². The zero-order valence-electron chi connectivity index (χ0n) is 11.3. The Morgan fingerprint density at radius 1 is 1.37 bits per heavy atom. The van der Waals surface area contributed by atoms with Crippen LogP contribution in [0, 0.1) is 5.92 Å². The molecule has 1 aromatic heterocycles. The Kier molecular flexibility index (Phi) is 4.68. The molecule has 0 radical (unpaired) electrons. The average Bonchev–Trinajstić information content (AvgIpc) is 2.48. The maximum Gasteiger partial charge on any atom is 0.271 e. The van der Waals surface area contributed by atoms with Crippen molar-refractivity contribution in [2.24, 2.45) is 5.92 Å². The minimum Gasteiger partial charge on any atom is -0.381 e. The summed E-state index contributed by atoms with van der Waals surface area (Å²) >= 11 is 0. The topological polar surface area (TPSA) is 76.1 Å². The summed E-state index contributed by atoms with van der Waals surface area (Å²) in [5.41, 5.74) is 0.345. The van der Waals surface area contributed by atoms with Crippen molar-refractivity contribution in [1.82, 2.24) is 15.3 Å². The summed E-state index contributed by atoms with van der Waals surface area (Å²) in [4.78, 5) is 20.2. The smallest absolute Gasteiger partial charge is 0.271 e. The van der Waals surface area contributed by atoms with Gasteiger partial charge >= 0.3 is 0 Å². The van der Waals surface area contributed by atoms with Crippen LogP contribution in [0.2, 0.25) is 0 Å². The predicted octanol–water partition coefficient (Wildman–Crippen LogP) is 1.06. The van der Waals surface area contributed by atoms with Crippen LogP contribution in [-0.2, 0) is 4.74 Å². The number of hydrogen-bond acceptors (Lipinski definition) is 5. The highest BCUT2D eigenvalue weighted by atomic mass is 16.5. The first kappa shape index (κ1) is 13.7. The third-order valence-corrected chi connectivity index (χ3v) is 3.47. The zero-order chi connectivity index (χ0) is 13.7. The van der Waals surface area contributed by atoms with E-state index >= 15 is 0 Å². The number of anilines is 1. The van der Waals surface area contributed by atoms with Crippen molar-refractivity contribution in [3.05, 3.63) is 18.1 Å². The Morgan fingerprint density at radius 2 is 2.11 bits per heavy atom. The number of ether oxygens (including phenoxy) is 1. The van der Waals surface area contributed by atoms with E-state index in [0.717, 1.165) is 26.1 Å². The van der Waals surface area contributed by atoms with Crippen LogP contribution < -0.4 is 10.6 Å². The van der Waals surface area contributed by atoms with Gasteiger partial charge in [0.25, 0.3) is 5.91 Å². The summed E-state index contributed by atoms with van der Waals surface area (Å²) in [6, 6.07) is 0.127. The first-order valence-corrected chi connectivity index (χ1v) is 6.59. The fraction of sp³-hybridized carbons (Fsp3) is 0.615. The van der Waals surface area contributed by atoms with Gasteiger partial charge in [-0.05, 0) is 25.7 Å². The van der Waals surface area contributed by atoms with Gasteiger partial charge in [-0.15, -0.1) is 0 Å². The van der Waals surface area contributed by atoms with Gasteiger partial charge in [-0.2, -0.15) is 0 Å². The van der Waals surface area contributed by atoms with Crippen molar-refractivity contribution < 1.29 is 9.53 Å². The van der Waals surface area contributed by atoms with Crippen LogP contribution in [0.25, 0.3) is 0 Å². The molecule has 6 heteroatoms. The quantitative estimate of drug-likeness (QED) is 0.850. The van der Waals surface area contributed by atoms with E-state index in [9.17, 15) is 4.79 Å². The first-order chi connectivity index (χ1) is 9.20. The average molecular weight is 264 g/mol. The lowest BCUT2D eigenvalue weighted by atomic mass is 9.93. The van der Waals surface area contributed by atoms with Crippen molar-refractivity contribution in [2.45, 2.75) is 25.8 Å². The minimum absolute atomic E-state index is 0.127. The van der Waals surface area contributed by atoms with Crippen molar-refractivity contribution in [3.8, 4) is 0 Å². The fourth-order valence-electron chi connectivity index (χ4n) is 2.19. The summed E-state index contributed by atoms with van der Waals surface area (Å²) in [5.74, 6) is 0.949. The van der Waals surface area contributed by atoms with Gasteiger partial charge < -0.3 is 15.4 Å². The molecule has 2 N–H and O–H groups in total. The lowest BCUT2D eigenvalue weighted by Gasteiger charge is -2.28. The number of hydrogen-bond donors (Lipinski definition) is 2. The highest BCUT2D eigenvalue weighted by molar-refractivity contribution is 5.92. The Labute approximate surface area is 113 Å². The molecule has 0 aromatic carbocycles. The van der Waals surface area contributed by atoms with Crippen LogP contribution in [-0.4, -0.2) is 42.2 Å². The van der Waals surface area contributed by atoms with E-state index in [2.05, 4.69) is 20.6 Å². The molecule has 104 valence electrons. The second-order valence-electron chi connectivity index (χ2n) is 4.75. The van der Waals surface area contributed by atoms with E-state index in [0.29, 0.717) is 17.4 Å². The fourth-order valence-corrected chi connectivity index (χ4v) is 2.19. The molecule has 6 nitrogen and oxygen atoms in total. The van der Waals surface area contributed by atoms with Crippen LogP contribution in [0.15, 0.2) is 12.4 Å². The molecule has 1 fully saturated rings. The predicted molar refractivity (Wildman–Crippen MR) is 72.0 cm³/mol. The molecule has 1 aliphatic heterocycles. The van der Waals surface area contributed by atoms with E-state index in [-0.39, 0.29) is 11.9 Å². The maximum atomic E-state index is 12.0. The standard InChI is InChI=1S/C13H20N4O2/c1-9(10-3-5-19-6-4-10)17-13(18)11-7-16-12(14-2)8-15-11/h7-10H,3-6H2,1-2H3,(H,14,16)(H,17,18). The molecule has 2 heterocycles. The number of rotatable bonds is 4. The van der Waals surface area contributed by atoms with Gasteiger partial charge in [-0.3, -0.25) is 4.79 Å². The number of amides is 1. The number of carbonyl (C=O) groups is 1. The summed E-state index contributed by atoms with van der Waals surface area (Å²) < 4.78 is 5.32. The maximum absolute atomic E-state index is 12.0. The molecular formula is C13H20N4O2. The van der Waals surface area contributed by atoms with Crippen molar-refractivity contribution in [3.63, 3.8) is 0 Å². The lowest BCUT2D eigenvalue weighted by Crippen LogP contribution is -2.40. The van der Waals surface area contributed by atoms with Gasteiger partial charge in [0.05, 0.1) is 12.4 Å². The normalized spacial score (nSPS) is 17.8. The lowest BCUT2D eigenvalue weighted by molar-refractivity contribution is 0.0537. The van der Waals surface area contributed by atoms with Crippen LogP contribution in [0.5, 0.6) is 0 Å². The molecule has 0 saturated carbocycles. The largest absolute Gasteiger partial charge is 0.381 e. The van der Waals surface area contributed by atoms with E-state index < -0.39 is 0 Å². The molecule has 0 bridgehead atoms. The molecule has 1 aromatic rings. The van der Waals surface area contributed by atoms with Gasteiger partial charge in [0.1, 0.15) is 11.5 Å². The summed E-state index contributed by atoms with van der Waals surface area (Å²) in [6.45, 7) is 3.59. The molecule has 1 atom stereocenters. The highest BCUT2D eigenvalue weighted by Crippen LogP contribution is 2.18.